The van der Waals surface area contributed by atoms with Crippen molar-refractivity contribution >= 4 is 23.4 Å². The number of benzene rings is 2. The van der Waals surface area contributed by atoms with Crippen molar-refractivity contribution in [3.05, 3.63) is 58.7 Å². The van der Waals surface area contributed by atoms with Gasteiger partial charge in [-0.3, -0.25) is 4.79 Å². The van der Waals surface area contributed by atoms with Gasteiger partial charge in [-0.2, -0.15) is 0 Å². The van der Waals surface area contributed by atoms with Crippen molar-refractivity contribution in [3.63, 3.8) is 0 Å². The average Bonchev–Trinajstić information content (AvgIpc) is 2.45. The number of amides is 1. The Kier molecular flexibility index (Phi) is 5.30. The Hall–Kier alpha value is -1.74. The first-order valence-electron chi connectivity index (χ1n) is 7.49. The quantitative estimate of drug-likeness (QED) is 0.801. The molecule has 0 saturated heterocycles. The lowest BCUT2D eigenvalue weighted by molar-refractivity contribution is -0.115. The molecular weight excluding hydrogens is 290 g/mol. The Balaban J connectivity index is 2.09. The number of hydrogen-bond acceptors (Lipinski definition) is 2. The van der Waals surface area contributed by atoms with Gasteiger partial charge in [0, 0.05) is 10.6 Å². The van der Waals surface area contributed by atoms with Crippen LogP contribution in [0.5, 0.6) is 0 Å². The van der Waals surface area contributed by atoms with Crippen molar-refractivity contribution in [2.24, 2.45) is 0 Å². The number of aryl methyl sites for hydroxylation is 4. The van der Waals surface area contributed by atoms with Crippen LogP contribution in [0.25, 0.3) is 0 Å². The molecule has 1 amide bonds. The second-order valence-corrected chi connectivity index (χ2v) is 7.17. The Morgan fingerprint density at radius 3 is 2.23 bits per heavy atom. The first-order valence-corrected chi connectivity index (χ1v) is 8.37. The molecule has 0 aliphatic carbocycles. The van der Waals surface area contributed by atoms with Gasteiger partial charge in [-0.15, -0.1) is 11.8 Å². The highest BCUT2D eigenvalue weighted by atomic mass is 32.2. The van der Waals surface area contributed by atoms with Gasteiger partial charge < -0.3 is 5.32 Å². The predicted molar refractivity (Wildman–Crippen MR) is 95.8 cm³/mol. The molecule has 0 radical (unpaired) electrons. The highest BCUT2D eigenvalue weighted by Crippen LogP contribution is 2.28. The summed E-state index contributed by atoms with van der Waals surface area (Å²) in [5.41, 5.74) is 5.58. The number of para-hydroxylation sites is 1. The van der Waals surface area contributed by atoms with Crippen LogP contribution in [0.3, 0.4) is 0 Å². The molecule has 0 heterocycles. The van der Waals surface area contributed by atoms with Gasteiger partial charge in [0.1, 0.15) is 0 Å². The summed E-state index contributed by atoms with van der Waals surface area (Å²) < 4.78 is 0. The monoisotopic (exact) mass is 313 g/mol. The van der Waals surface area contributed by atoms with Crippen LogP contribution in [0.1, 0.15) is 29.2 Å². The van der Waals surface area contributed by atoms with Crippen molar-refractivity contribution in [2.45, 2.75) is 44.8 Å². The molecule has 2 aromatic rings. The van der Waals surface area contributed by atoms with Crippen molar-refractivity contribution < 1.29 is 4.79 Å². The van der Waals surface area contributed by atoms with E-state index in [1.807, 2.05) is 39.0 Å². The number of carbonyl (C=O) groups excluding carboxylic acids is 1. The maximum atomic E-state index is 12.5. The molecule has 0 saturated carbocycles. The summed E-state index contributed by atoms with van der Waals surface area (Å²) in [5, 5.41) is 2.93. The molecule has 0 aliphatic heterocycles. The first kappa shape index (κ1) is 16.6. The van der Waals surface area contributed by atoms with E-state index in [-0.39, 0.29) is 11.2 Å². The van der Waals surface area contributed by atoms with E-state index >= 15 is 0 Å². The minimum Gasteiger partial charge on any atom is -0.325 e. The Morgan fingerprint density at radius 2 is 1.64 bits per heavy atom. The number of nitrogens with one attached hydrogen (secondary N) is 1. The van der Waals surface area contributed by atoms with Gasteiger partial charge in [0.25, 0.3) is 0 Å². The summed E-state index contributed by atoms with van der Waals surface area (Å²) in [7, 11) is 0. The van der Waals surface area contributed by atoms with Crippen LogP contribution in [0.2, 0.25) is 0 Å². The van der Waals surface area contributed by atoms with Crippen LogP contribution in [0.15, 0.2) is 41.3 Å². The Labute approximate surface area is 137 Å². The smallest absolute Gasteiger partial charge is 0.237 e. The van der Waals surface area contributed by atoms with Crippen LogP contribution in [-0.2, 0) is 4.79 Å². The standard InChI is InChI=1S/C19H23NOS/c1-12-9-10-17(15(4)11-12)22-16(5)19(21)20-18-13(2)7-6-8-14(18)3/h6-11,16H,1-5H3,(H,20,21)/t16-/m1/s1. The third-order valence-electron chi connectivity index (χ3n) is 3.73. The highest BCUT2D eigenvalue weighted by Gasteiger charge is 2.17. The summed E-state index contributed by atoms with van der Waals surface area (Å²) in [6, 6.07) is 12.4. The van der Waals surface area contributed by atoms with Crippen molar-refractivity contribution in [3.8, 4) is 0 Å². The number of anilines is 1. The molecule has 3 heteroatoms. The van der Waals surface area contributed by atoms with Crippen molar-refractivity contribution in [2.75, 3.05) is 5.32 Å². The molecule has 0 aliphatic rings. The zero-order valence-corrected chi connectivity index (χ0v) is 14.7. The summed E-state index contributed by atoms with van der Waals surface area (Å²) in [6.07, 6.45) is 0. The van der Waals surface area contributed by atoms with Gasteiger partial charge in [-0.25, -0.2) is 0 Å². The fourth-order valence-corrected chi connectivity index (χ4v) is 3.35. The lowest BCUT2D eigenvalue weighted by Crippen LogP contribution is -2.23. The van der Waals surface area contributed by atoms with Gasteiger partial charge in [0.05, 0.1) is 5.25 Å². The fourth-order valence-electron chi connectivity index (χ4n) is 2.41. The molecule has 0 bridgehead atoms. The minimum atomic E-state index is -0.139. The molecule has 0 fully saturated rings. The molecule has 116 valence electrons. The topological polar surface area (TPSA) is 29.1 Å². The van der Waals surface area contributed by atoms with E-state index in [1.165, 1.54) is 11.1 Å². The van der Waals surface area contributed by atoms with E-state index in [1.54, 1.807) is 11.8 Å². The first-order chi connectivity index (χ1) is 10.4. The largest absolute Gasteiger partial charge is 0.325 e. The number of carbonyl (C=O) groups is 1. The maximum absolute atomic E-state index is 12.5. The highest BCUT2D eigenvalue weighted by molar-refractivity contribution is 8.00. The number of thioether (sulfide) groups is 1. The molecule has 0 spiro atoms. The van der Waals surface area contributed by atoms with Crippen molar-refractivity contribution in [1.29, 1.82) is 0 Å². The van der Waals surface area contributed by atoms with Crippen LogP contribution in [-0.4, -0.2) is 11.2 Å². The average molecular weight is 313 g/mol. The normalized spacial score (nSPS) is 12.0. The summed E-state index contributed by atoms with van der Waals surface area (Å²) >= 11 is 1.61. The molecule has 1 N–H and O–H groups in total. The van der Waals surface area contributed by atoms with Gasteiger partial charge >= 0.3 is 0 Å². The molecule has 0 unspecified atom stereocenters. The van der Waals surface area contributed by atoms with Gasteiger partial charge in [-0.05, 0) is 57.4 Å². The van der Waals surface area contributed by atoms with Crippen LogP contribution in [0.4, 0.5) is 5.69 Å². The zero-order chi connectivity index (χ0) is 16.3. The Morgan fingerprint density at radius 1 is 1.00 bits per heavy atom. The third kappa shape index (κ3) is 3.92. The van der Waals surface area contributed by atoms with Crippen LogP contribution < -0.4 is 5.32 Å². The van der Waals surface area contributed by atoms with Crippen molar-refractivity contribution in [1.82, 2.24) is 0 Å². The Bertz CT molecular complexity index is 674. The molecule has 22 heavy (non-hydrogen) atoms. The zero-order valence-electron chi connectivity index (χ0n) is 13.9. The summed E-state index contributed by atoms with van der Waals surface area (Å²) in [5.74, 6) is 0.0439. The van der Waals surface area contributed by atoms with Gasteiger partial charge in [0.15, 0.2) is 0 Å². The maximum Gasteiger partial charge on any atom is 0.237 e. The molecule has 2 rings (SSSR count). The summed E-state index contributed by atoms with van der Waals surface area (Å²) in [6.45, 7) is 10.2. The van der Waals surface area contributed by atoms with Crippen LogP contribution in [0, 0.1) is 27.7 Å². The molecule has 2 aromatic carbocycles. The summed E-state index contributed by atoms with van der Waals surface area (Å²) in [4.78, 5) is 13.6. The predicted octanol–water partition coefficient (Wildman–Crippen LogP) is 5.04. The van der Waals surface area contributed by atoms with E-state index in [0.29, 0.717) is 0 Å². The molecule has 0 aromatic heterocycles. The van der Waals surface area contributed by atoms with Crippen LogP contribution >= 0.6 is 11.8 Å². The second kappa shape index (κ2) is 7.01. The molecular formula is C19H23NOS. The van der Waals surface area contributed by atoms with E-state index in [4.69, 9.17) is 0 Å². The lowest BCUT2D eigenvalue weighted by atomic mass is 10.1. The minimum absolute atomic E-state index is 0.0439. The SMILES string of the molecule is Cc1ccc(S[C@H](C)C(=O)Nc2c(C)cccc2C)c(C)c1. The lowest BCUT2D eigenvalue weighted by Gasteiger charge is -2.16. The second-order valence-electron chi connectivity index (χ2n) is 5.79. The third-order valence-corrected chi connectivity index (χ3v) is 5.01. The molecule has 2 nitrogen and oxygen atoms in total. The van der Waals surface area contributed by atoms with Gasteiger partial charge in [-0.1, -0.05) is 35.9 Å². The van der Waals surface area contributed by atoms with E-state index in [9.17, 15) is 4.79 Å². The number of hydrogen-bond donors (Lipinski definition) is 1. The van der Waals surface area contributed by atoms with E-state index in [2.05, 4.69) is 37.4 Å². The van der Waals surface area contributed by atoms with Gasteiger partial charge in [0.2, 0.25) is 5.91 Å². The van der Waals surface area contributed by atoms with E-state index in [0.717, 1.165) is 21.7 Å². The number of rotatable bonds is 4. The molecule has 1 atom stereocenters. The van der Waals surface area contributed by atoms with E-state index < -0.39 is 0 Å². The fraction of sp³-hybridized carbons (Fsp3) is 0.316.